The molecular weight excluding hydrogens is 304 g/mol. The lowest BCUT2D eigenvalue weighted by molar-refractivity contribution is -0.117. The van der Waals surface area contributed by atoms with Crippen molar-refractivity contribution in [3.63, 3.8) is 0 Å². The van der Waals surface area contributed by atoms with Gasteiger partial charge in [0.25, 0.3) is 0 Å². The van der Waals surface area contributed by atoms with Crippen LogP contribution in [0.3, 0.4) is 0 Å². The van der Waals surface area contributed by atoms with E-state index in [4.69, 9.17) is 5.73 Å². The Balaban J connectivity index is 0.00000242. The van der Waals surface area contributed by atoms with Gasteiger partial charge in [-0.1, -0.05) is 19.9 Å². The van der Waals surface area contributed by atoms with Gasteiger partial charge < -0.3 is 11.1 Å². The van der Waals surface area contributed by atoms with Gasteiger partial charge in [-0.2, -0.15) is 4.68 Å². The van der Waals surface area contributed by atoms with Crippen molar-refractivity contribution in [2.75, 3.05) is 5.32 Å². The molecule has 1 heterocycles. The summed E-state index contributed by atoms with van der Waals surface area (Å²) in [6.07, 6.45) is 0.650. The molecule has 0 fully saturated rings. The molecule has 0 unspecified atom stereocenters. The number of nitrogens with two attached hydrogens (primary N) is 1. The first kappa shape index (κ1) is 18.1. The third-order valence-electron chi connectivity index (χ3n) is 3.05. The second-order valence-corrected chi connectivity index (χ2v) is 5.41. The van der Waals surface area contributed by atoms with Gasteiger partial charge >= 0.3 is 0 Å². The van der Waals surface area contributed by atoms with Crippen molar-refractivity contribution in [2.45, 2.75) is 33.2 Å². The first-order valence-corrected chi connectivity index (χ1v) is 6.89. The number of carbonyl (C=O) groups is 1. The van der Waals surface area contributed by atoms with Crippen molar-refractivity contribution in [3.8, 4) is 5.69 Å². The molecule has 0 aliphatic heterocycles. The van der Waals surface area contributed by atoms with Crippen LogP contribution in [0, 0.1) is 12.8 Å². The number of aromatic nitrogens is 4. The van der Waals surface area contributed by atoms with Crippen molar-refractivity contribution in [3.05, 3.63) is 30.1 Å². The number of hydrogen-bond acceptors (Lipinski definition) is 5. The Morgan fingerprint density at radius 1 is 1.41 bits per heavy atom. The average molecular weight is 325 g/mol. The van der Waals surface area contributed by atoms with Crippen LogP contribution in [0.15, 0.2) is 24.3 Å². The van der Waals surface area contributed by atoms with Crippen molar-refractivity contribution < 1.29 is 4.79 Å². The highest BCUT2D eigenvalue weighted by molar-refractivity contribution is 5.94. The zero-order chi connectivity index (χ0) is 15.4. The maximum Gasteiger partial charge on any atom is 0.241 e. The monoisotopic (exact) mass is 324 g/mol. The van der Waals surface area contributed by atoms with Crippen LogP contribution in [0.1, 0.15) is 26.1 Å². The summed E-state index contributed by atoms with van der Waals surface area (Å²) in [6.45, 7) is 5.88. The van der Waals surface area contributed by atoms with Crippen LogP contribution in [0.25, 0.3) is 5.69 Å². The first-order chi connectivity index (χ1) is 9.97. The molecule has 0 saturated carbocycles. The van der Waals surface area contributed by atoms with Crippen LogP contribution in [0.2, 0.25) is 0 Å². The van der Waals surface area contributed by atoms with Crippen LogP contribution in [-0.2, 0) is 4.79 Å². The van der Waals surface area contributed by atoms with Gasteiger partial charge in [0, 0.05) is 5.69 Å². The van der Waals surface area contributed by atoms with E-state index < -0.39 is 6.04 Å². The second kappa shape index (κ2) is 7.86. The largest absolute Gasteiger partial charge is 0.325 e. The number of nitrogens with zero attached hydrogens (tertiary/aromatic N) is 4. The number of anilines is 1. The molecule has 7 nitrogen and oxygen atoms in total. The third-order valence-corrected chi connectivity index (χ3v) is 3.05. The van der Waals surface area contributed by atoms with E-state index in [2.05, 4.69) is 20.8 Å². The minimum atomic E-state index is -0.511. The smallest absolute Gasteiger partial charge is 0.241 e. The number of amides is 1. The van der Waals surface area contributed by atoms with E-state index in [9.17, 15) is 4.79 Å². The molecule has 120 valence electrons. The number of carbonyl (C=O) groups excluding carboxylic acids is 1. The number of hydrogen-bond donors (Lipinski definition) is 2. The van der Waals surface area contributed by atoms with E-state index in [1.807, 2.05) is 45.0 Å². The quantitative estimate of drug-likeness (QED) is 0.872. The standard InChI is InChI=1S/C14H20N6O.ClH/c1-9(2)7-13(15)14(21)16-11-5-4-6-12(8-11)20-10(3)17-18-19-20;/h4-6,8-9,13H,7,15H2,1-3H3,(H,16,21);1H/t13-;/m0./s1. The topological polar surface area (TPSA) is 98.7 Å². The molecule has 1 aromatic carbocycles. The molecule has 1 atom stereocenters. The van der Waals surface area contributed by atoms with Crippen molar-refractivity contribution >= 4 is 24.0 Å². The summed E-state index contributed by atoms with van der Waals surface area (Å²) < 4.78 is 1.60. The molecule has 0 saturated heterocycles. The average Bonchev–Trinajstić information content (AvgIpc) is 2.84. The van der Waals surface area contributed by atoms with Crippen molar-refractivity contribution in [1.82, 2.24) is 20.2 Å². The van der Waals surface area contributed by atoms with Crippen LogP contribution >= 0.6 is 12.4 Å². The van der Waals surface area contributed by atoms with Gasteiger partial charge in [-0.15, -0.1) is 17.5 Å². The first-order valence-electron chi connectivity index (χ1n) is 6.89. The number of nitrogens with one attached hydrogen (secondary N) is 1. The van der Waals surface area contributed by atoms with Gasteiger partial charge in [-0.25, -0.2) is 0 Å². The molecule has 1 amide bonds. The number of aryl methyl sites for hydroxylation is 1. The minimum absolute atomic E-state index is 0. The molecule has 0 radical (unpaired) electrons. The molecule has 0 bridgehead atoms. The number of tetrazole rings is 1. The summed E-state index contributed by atoms with van der Waals surface area (Å²) in [5.41, 5.74) is 7.33. The fraction of sp³-hybridized carbons (Fsp3) is 0.429. The highest BCUT2D eigenvalue weighted by Crippen LogP contribution is 2.15. The van der Waals surface area contributed by atoms with E-state index in [0.29, 0.717) is 23.9 Å². The summed E-state index contributed by atoms with van der Waals surface area (Å²) in [5, 5.41) is 14.2. The second-order valence-electron chi connectivity index (χ2n) is 5.41. The summed E-state index contributed by atoms with van der Waals surface area (Å²) in [4.78, 5) is 12.0. The molecule has 22 heavy (non-hydrogen) atoms. The fourth-order valence-corrected chi connectivity index (χ4v) is 2.04. The predicted octanol–water partition coefficient (Wildman–Crippen LogP) is 1.70. The maximum atomic E-state index is 12.0. The van der Waals surface area contributed by atoms with E-state index in [1.54, 1.807) is 4.68 Å². The molecule has 0 aliphatic rings. The van der Waals surface area contributed by atoms with E-state index >= 15 is 0 Å². The summed E-state index contributed by atoms with van der Waals surface area (Å²) in [5.74, 6) is 0.866. The molecular formula is C14H21ClN6O. The summed E-state index contributed by atoms with van der Waals surface area (Å²) in [7, 11) is 0. The Labute approximate surface area is 135 Å². The number of rotatable bonds is 5. The molecule has 8 heteroatoms. The summed E-state index contributed by atoms with van der Waals surface area (Å²) >= 11 is 0. The van der Waals surface area contributed by atoms with Crippen LogP contribution in [-0.4, -0.2) is 32.2 Å². The van der Waals surface area contributed by atoms with Gasteiger partial charge in [-0.05, 0) is 47.9 Å². The normalized spacial score (nSPS) is 11.9. The minimum Gasteiger partial charge on any atom is -0.325 e. The Morgan fingerprint density at radius 2 is 2.14 bits per heavy atom. The van der Waals surface area contributed by atoms with Gasteiger partial charge in [0.1, 0.15) is 0 Å². The van der Waals surface area contributed by atoms with Gasteiger partial charge in [0.2, 0.25) is 5.91 Å². The van der Waals surface area contributed by atoms with Gasteiger partial charge in [0.05, 0.1) is 11.7 Å². The van der Waals surface area contributed by atoms with Gasteiger partial charge in [-0.3, -0.25) is 4.79 Å². The van der Waals surface area contributed by atoms with Gasteiger partial charge in [0.15, 0.2) is 5.82 Å². The Kier molecular flexibility index (Phi) is 6.45. The van der Waals surface area contributed by atoms with E-state index in [0.717, 1.165) is 5.69 Å². The molecule has 0 spiro atoms. The predicted molar refractivity (Wildman–Crippen MR) is 87.2 cm³/mol. The van der Waals surface area contributed by atoms with Crippen molar-refractivity contribution in [2.24, 2.45) is 11.7 Å². The van der Waals surface area contributed by atoms with Crippen molar-refractivity contribution in [1.29, 1.82) is 0 Å². The van der Waals surface area contributed by atoms with Crippen LogP contribution in [0.5, 0.6) is 0 Å². The SMILES string of the molecule is Cc1nnnn1-c1cccc(NC(=O)[C@@H](N)CC(C)C)c1.Cl. The molecule has 2 rings (SSSR count). The fourth-order valence-electron chi connectivity index (χ4n) is 2.04. The molecule has 2 aromatic rings. The maximum absolute atomic E-state index is 12.0. The highest BCUT2D eigenvalue weighted by Gasteiger charge is 2.15. The Hall–Kier alpha value is -1.99. The zero-order valence-electron chi connectivity index (χ0n) is 12.9. The molecule has 0 aliphatic carbocycles. The Morgan fingerprint density at radius 3 is 2.73 bits per heavy atom. The molecule has 3 N–H and O–H groups in total. The lowest BCUT2D eigenvalue weighted by atomic mass is 10.0. The molecule has 1 aromatic heterocycles. The van der Waals surface area contributed by atoms with Crippen LogP contribution < -0.4 is 11.1 Å². The third kappa shape index (κ3) is 4.51. The zero-order valence-corrected chi connectivity index (χ0v) is 13.7. The lowest BCUT2D eigenvalue weighted by Crippen LogP contribution is -2.36. The number of halogens is 1. The Bertz CT molecular complexity index is 627. The summed E-state index contributed by atoms with van der Waals surface area (Å²) in [6, 6.07) is 6.81. The van der Waals surface area contributed by atoms with E-state index in [-0.39, 0.29) is 18.3 Å². The lowest BCUT2D eigenvalue weighted by Gasteiger charge is -2.14. The number of benzene rings is 1. The highest BCUT2D eigenvalue weighted by atomic mass is 35.5. The van der Waals surface area contributed by atoms with E-state index in [1.165, 1.54) is 0 Å². The van der Waals surface area contributed by atoms with Crippen LogP contribution in [0.4, 0.5) is 5.69 Å².